The number of hydrogen-bond donors (Lipinski definition) is 1. The average molecular weight is 744 g/mol. The number of esters is 1. The number of likely N-dealkylation sites (tertiary alicyclic amines) is 1. The lowest BCUT2D eigenvalue weighted by atomic mass is 9.38. The number of amides is 1. The molecule has 12 heteroatoms. The molecule has 4 saturated carbocycles. The monoisotopic (exact) mass is 742 g/mol. The van der Waals surface area contributed by atoms with Crippen LogP contribution in [0.4, 0.5) is 10.1 Å². The molecule has 1 N–H and O–H groups in total. The fourth-order valence-electron chi connectivity index (χ4n) is 10.7. The van der Waals surface area contributed by atoms with E-state index in [2.05, 4.69) is 15.1 Å². The minimum Gasteiger partial charge on any atom is -0.463 e. The van der Waals surface area contributed by atoms with Crippen molar-refractivity contribution in [3.63, 3.8) is 0 Å². The van der Waals surface area contributed by atoms with Crippen LogP contribution >= 0.6 is 57.5 Å². The first-order chi connectivity index (χ1) is 23.1. The van der Waals surface area contributed by atoms with Crippen LogP contribution in [-0.2, 0) is 9.53 Å². The number of carbonyl (C=O) groups is 2. The highest BCUT2D eigenvalue weighted by Crippen LogP contribution is 2.82. The van der Waals surface area contributed by atoms with Crippen molar-refractivity contribution in [1.82, 2.24) is 9.88 Å². The number of thiazole rings is 1. The predicted octanol–water partition coefficient (Wildman–Crippen LogP) is 9.00. The second kappa shape index (κ2) is 11.7. The van der Waals surface area contributed by atoms with E-state index in [9.17, 15) is 9.59 Å². The van der Waals surface area contributed by atoms with Crippen molar-refractivity contribution >= 4 is 85.6 Å². The van der Waals surface area contributed by atoms with Gasteiger partial charge in [0.15, 0.2) is 5.13 Å². The number of fused-ring (bicyclic) bond motifs is 2. The molecular formula is C36H37Cl3N4O3S2. The number of anilines is 2. The maximum absolute atomic E-state index is 13.5. The van der Waals surface area contributed by atoms with E-state index in [1.54, 1.807) is 43.4 Å². The zero-order valence-corrected chi connectivity index (χ0v) is 30.7. The quantitative estimate of drug-likeness (QED) is 0.184. The molecule has 9 rings (SSSR count). The van der Waals surface area contributed by atoms with E-state index < -0.39 is 5.97 Å². The molecule has 252 valence electrons. The Morgan fingerprint density at radius 1 is 1.10 bits per heavy atom. The average Bonchev–Trinajstić information content (AvgIpc) is 3.87. The normalized spacial score (nSPS) is 33.0. The Balaban J connectivity index is 0.955. The lowest BCUT2D eigenvalue weighted by Gasteiger charge is -2.68. The van der Waals surface area contributed by atoms with Gasteiger partial charge in [-0.3, -0.25) is 15.0 Å². The number of halogens is 3. The summed E-state index contributed by atoms with van der Waals surface area (Å²) in [4.78, 5) is 37.1. The molecule has 2 unspecified atom stereocenters. The zero-order chi connectivity index (χ0) is 33.1. The Morgan fingerprint density at radius 2 is 1.90 bits per heavy atom. The second-order valence-electron chi connectivity index (χ2n) is 14.7. The van der Waals surface area contributed by atoms with E-state index in [1.165, 1.54) is 50.0 Å². The van der Waals surface area contributed by atoms with Gasteiger partial charge in [-0.25, -0.2) is 9.78 Å². The number of nitrogens with zero attached hydrogens (tertiary/aromatic N) is 3. The highest BCUT2D eigenvalue weighted by atomic mass is 35.5. The van der Waals surface area contributed by atoms with Crippen LogP contribution in [0.25, 0.3) is 16.6 Å². The van der Waals surface area contributed by atoms with Gasteiger partial charge in [0, 0.05) is 47.3 Å². The number of nitrogens with one attached hydrogen (secondary N) is 1. The van der Waals surface area contributed by atoms with E-state index in [0.717, 1.165) is 63.8 Å². The summed E-state index contributed by atoms with van der Waals surface area (Å²) < 4.78 is 5.07. The third-order valence-corrected chi connectivity index (χ3v) is 15.5. The van der Waals surface area contributed by atoms with E-state index in [4.69, 9.17) is 44.5 Å². The third kappa shape index (κ3) is 4.78. The summed E-state index contributed by atoms with van der Waals surface area (Å²) in [5.74, 6) is 3.76. The summed E-state index contributed by atoms with van der Waals surface area (Å²) >= 11 is 22.6. The molecule has 1 amide bonds. The topological polar surface area (TPSA) is 74.8 Å². The molecule has 3 aromatic rings. The first-order valence-electron chi connectivity index (χ1n) is 17.1. The summed E-state index contributed by atoms with van der Waals surface area (Å²) in [6, 6.07) is 6.44. The SMILES string of the molecule is CCOC(=O)/C(C)=C/c1c(Cl)cc(C(=O)Nc2nc(-c3cc(Cl)cs3)c(N3C[C@H]4CCN(C5[C@@H]6C[C@H]7C[C@@H]8C[C@@H]5C87C6)[C@H]4C3)s2)cc1Cl. The first-order valence-corrected chi connectivity index (χ1v) is 19.9. The highest BCUT2D eigenvalue weighted by Gasteiger charge is 2.77. The largest absolute Gasteiger partial charge is 0.463 e. The molecule has 2 bridgehead atoms. The highest BCUT2D eigenvalue weighted by molar-refractivity contribution is 7.21. The molecule has 6 aliphatic rings. The van der Waals surface area contributed by atoms with Gasteiger partial charge in [0.1, 0.15) is 10.7 Å². The number of carbonyl (C=O) groups excluding carboxylic acids is 2. The molecule has 2 aromatic heterocycles. The van der Waals surface area contributed by atoms with Crippen molar-refractivity contribution in [1.29, 1.82) is 0 Å². The molecule has 2 saturated heterocycles. The number of aromatic nitrogens is 1. The molecule has 7 nitrogen and oxygen atoms in total. The van der Waals surface area contributed by atoms with Gasteiger partial charge in [-0.15, -0.1) is 11.3 Å². The Labute approximate surface area is 303 Å². The second-order valence-corrected chi connectivity index (χ2v) is 17.8. The summed E-state index contributed by atoms with van der Waals surface area (Å²) in [5, 5.41) is 7.75. The van der Waals surface area contributed by atoms with Crippen LogP contribution in [0.2, 0.25) is 15.1 Å². The van der Waals surface area contributed by atoms with E-state index >= 15 is 0 Å². The molecule has 48 heavy (non-hydrogen) atoms. The Morgan fingerprint density at radius 3 is 2.60 bits per heavy atom. The van der Waals surface area contributed by atoms with Crippen LogP contribution in [0.1, 0.15) is 61.9 Å². The Bertz CT molecular complexity index is 1850. The Kier molecular flexibility index (Phi) is 7.76. The van der Waals surface area contributed by atoms with Gasteiger partial charge in [-0.05, 0) is 112 Å². The van der Waals surface area contributed by atoms with Crippen molar-refractivity contribution in [2.45, 2.75) is 58.0 Å². The molecule has 2 aliphatic heterocycles. The lowest BCUT2D eigenvalue weighted by Crippen LogP contribution is -2.65. The van der Waals surface area contributed by atoms with Crippen LogP contribution in [-0.4, -0.2) is 60.1 Å². The van der Waals surface area contributed by atoms with Crippen molar-refractivity contribution in [2.75, 3.05) is 36.5 Å². The molecule has 1 spiro atoms. The number of ether oxygens (including phenoxy) is 1. The number of hydrogen-bond acceptors (Lipinski definition) is 8. The maximum Gasteiger partial charge on any atom is 0.333 e. The third-order valence-electron chi connectivity index (χ3n) is 12.6. The van der Waals surface area contributed by atoms with Crippen LogP contribution < -0.4 is 10.2 Å². The fourth-order valence-corrected chi connectivity index (χ4v) is 13.5. The van der Waals surface area contributed by atoms with E-state index in [0.29, 0.717) is 38.8 Å². The molecule has 4 heterocycles. The van der Waals surface area contributed by atoms with Gasteiger partial charge in [0.25, 0.3) is 5.91 Å². The summed E-state index contributed by atoms with van der Waals surface area (Å²) in [5.41, 5.74) is 2.72. The maximum atomic E-state index is 13.5. The van der Waals surface area contributed by atoms with Gasteiger partial charge >= 0.3 is 5.97 Å². The van der Waals surface area contributed by atoms with Gasteiger partial charge in [0.05, 0.1) is 26.6 Å². The zero-order valence-electron chi connectivity index (χ0n) is 26.8. The van der Waals surface area contributed by atoms with Crippen LogP contribution in [0.15, 0.2) is 29.2 Å². The summed E-state index contributed by atoms with van der Waals surface area (Å²) in [6.07, 6.45) is 8.79. The smallest absolute Gasteiger partial charge is 0.333 e. The fraction of sp³-hybridized carbons (Fsp3) is 0.528. The number of benzene rings is 1. The van der Waals surface area contributed by atoms with Crippen LogP contribution in [0, 0.1) is 35.0 Å². The molecule has 6 fully saturated rings. The molecule has 8 atom stereocenters. The van der Waals surface area contributed by atoms with Gasteiger partial charge in [-0.2, -0.15) is 0 Å². The summed E-state index contributed by atoms with van der Waals surface area (Å²) in [7, 11) is 0. The van der Waals surface area contributed by atoms with Crippen LogP contribution in [0.3, 0.4) is 0 Å². The first kappa shape index (κ1) is 31.8. The van der Waals surface area contributed by atoms with E-state index in [-0.39, 0.29) is 22.6 Å². The van der Waals surface area contributed by atoms with Gasteiger partial charge in [-0.1, -0.05) is 46.1 Å². The minimum absolute atomic E-state index is 0.263. The number of rotatable bonds is 8. The standard InChI is InChI=1S/C36H37Cl3N4O3S2/c1-3-46-34(45)17(2)6-24-26(38)8-19(9-27(24)39)32(44)41-35-40-30(29-12-23(37)16-47-29)33(48-35)42-14-18-4-5-43(28(18)15-42)31-20-7-21-10-22-11-25(31)36(21,22)13-20/h6,8-9,12,16,18,20-22,25,28,31H,3-5,7,10-11,13-15H2,1-2H3,(H,40,41,44)/b17-6+/t18-,20-,21+,22-,25+,28+,31?,36?/m1/s1. The van der Waals surface area contributed by atoms with Crippen molar-refractivity contribution in [2.24, 2.45) is 35.0 Å². The predicted molar refractivity (Wildman–Crippen MR) is 195 cm³/mol. The Hall–Kier alpha value is -2.14. The molecular weight excluding hydrogens is 707 g/mol. The summed E-state index contributed by atoms with van der Waals surface area (Å²) in [6.45, 7) is 6.89. The lowest BCUT2D eigenvalue weighted by molar-refractivity contribution is -0.197. The molecule has 0 radical (unpaired) electrons. The minimum atomic E-state index is -0.447. The van der Waals surface area contributed by atoms with Crippen molar-refractivity contribution < 1.29 is 14.3 Å². The van der Waals surface area contributed by atoms with Gasteiger partial charge in [0.2, 0.25) is 0 Å². The van der Waals surface area contributed by atoms with Gasteiger partial charge < -0.3 is 9.64 Å². The van der Waals surface area contributed by atoms with E-state index in [1.807, 2.05) is 11.4 Å². The molecule has 1 aromatic carbocycles. The van der Waals surface area contributed by atoms with Crippen LogP contribution in [0.5, 0.6) is 0 Å². The number of thiophene rings is 1. The van der Waals surface area contributed by atoms with Crippen molar-refractivity contribution in [3.05, 3.63) is 55.3 Å². The molecule has 4 aliphatic carbocycles. The van der Waals surface area contributed by atoms with Crippen molar-refractivity contribution in [3.8, 4) is 10.6 Å².